The van der Waals surface area contributed by atoms with Crippen LogP contribution in [0.1, 0.15) is 32.3 Å². The SMILES string of the molecule is CCOC(OCC)c1cn(CCC(N)=O)nn1. The van der Waals surface area contributed by atoms with Crippen LogP contribution in [0, 0.1) is 0 Å². The molecule has 0 radical (unpaired) electrons. The van der Waals surface area contributed by atoms with Crippen LogP contribution < -0.4 is 5.73 Å². The minimum atomic E-state index is -0.507. The third kappa shape index (κ3) is 4.49. The Balaban J connectivity index is 2.60. The highest BCUT2D eigenvalue weighted by Crippen LogP contribution is 2.15. The predicted molar refractivity (Wildman–Crippen MR) is 59.8 cm³/mol. The van der Waals surface area contributed by atoms with Gasteiger partial charge in [-0.1, -0.05) is 5.21 Å². The first-order chi connectivity index (χ1) is 8.17. The van der Waals surface area contributed by atoms with Gasteiger partial charge in [-0.15, -0.1) is 5.10 Å². The van der Waals surface area contributed by atoms with Gasteiger partial charge in [0.2, 0.25) is 12.2 Å². The Kier molecular flexibility index (Phi) is 5.58. The van der Waals surface area contributed by atoms with E-state index in [0.717, 1.165) is 0 Å². The van der Waals surface area contributed by atoms with E-state index in [1.165, 1.54) is 0 Å². The number of nitrogens with zero attached hydrogens (tertiary/aromatic N) is 3. The first-order valence-electron chi connectivity index (χ1n) is 5.58. The molecule has 0 aromatic carbocycles. The number of nitrogens with two attached hydrogens (primary N) is 1. The van der Waals surface area contributed by atoms with Crippen LogP contribution in [0.3, 0.4) is 0 Å². The fraction of sp³-hybridized carbons (Fsp3) is 0.700. The van der Waals surface area contributed by atoms with Gasteiger partial charge < -0.3 is 15.2 Å². The summed E-state index contributed by atoms with van der Waals surface area (Å²) in [4.78, 5) is 10.6. The minimum Gasteiger partial charge on any atom is -0.370 e. The Labute approximate surface area is 99.9 Å². The molecule has 0 aliphatic heterocycles. The van der Waals surface area contributed by atoms with Gasteiger partial charge in [0.1, 0.15) is 5.69 Å². The molecule has 0 aliphatic carbocycles. The first kappa shape index (κ1) is 13.6. The second-order valence-electron chi connectivity index (χ2n) is 3.37. The molecule has 7 nitrogen and oxygen atoms in total. The molecule has 2 N–H and O–H groups in total. The molecule has 0 fully saturated rings. The summed E-state index contributed by atoms with van der Waals surface area (Å²) in [5, 5.41) is 7.81. The summed E-state index contributed by atoms with van der Waals surface area (Å²) in [6.07, 6.45) is 1.42. The summed E-state index contributed by atoms with van der Waals surface area (Å²) in [5.74, 6) is -0.367. The van der Waals surface area contributed by atoms with E-state index in [2.05, 4.69) is 10.3 Å². The van der Waals surface area contributed by atoms with Gasteiger partial charge in [0, 0.05) is 19.6 Å². The fourth-order valence-electron chi connectivity index (χ4n) is 1.28. The van der Waals surface area contributed by atoms with Crippen molar-refractivity contribution < 1.29 is 14.3 Å². The molecule has 1 aromatic rings. The quantitative estimate of drug-likeness (QED) is 0.658. The number of carbonyl (C=O) groups is 1. The second-order valence-corrected chi connectivity index (χ2v) is 3.37. The molecule has 0 atom stereocenters. The molecule has 0 aliphatic rings. The van der Waals surface area contributed by atoms with Crippen molar-refractivity contribution in [3.63, 3.8) is 0 Å². The molecule has 1 aromatic heterocycles. The summed E-state index contributed by atoms with van der Waals surface area (Å²) < 4.78 is 12.3. The lowest BCUT2D eigenvalue weighted by Gasteiger charge is -2.13. The molecule has 1 amide bonds. The summed E-state index contributed by atoms with van der Waals surface area (Å²) in [5.41, 5.74) is 5.65. The molecule has 0 unspecified atom stereocenters. The Bertz CT molecular complexity index is 347. The lowest BCUT2D eigenvalue weighted by molar-refractivity contribution is -0.142. The number of rotatable bonds is 8. The molecule has 17 heavy (non-hydrogen) atoms. The highest BCUT2D eigenvalue weighted by molar-refractivity contribution is 5.73. The van der Waals surface area contributed by atoms with Gasteiger partial charge in [-0.05, 0) is 13.8 Å². The lowest BCUT2D eigenvalue weighted by Crippen LogP contribution is -2.14. The van der Waals surface area contributed by atoms with Gasteiger partial charge in [-0.3, -0.25) is 9.48 Å². The van der Waals surface area contributed by atoms with Gasteiger partial charge >= 0.3 is 0 Å². The standard InChI is InChI=1S/C10H18N4O3/c1-3-16-10(17-4-2)8-7-14(13-12-8)6-5-9(11)15/h7,10H,3-6H2,1-2H3,(H2,11,15). The van der Waals surface area contributed by atoms with Gasteiger partial charge in [-0.25, -0.2) is 0 Å². The van der Waals surface area contributed by atoms with Crippen LogP contribution in [0.2, 0.25) is 0 Å². The zero-order chi connectivity index (χ0) is 12.7. The molecule has 0 saturated carbocycles. The van der Waals surface area contributed by atoms with Crippen molar-refractivity contribution in [2.75, 3.05) is 13.2 Å². The Morgan fingerprint density at radius 3 is 2.65 bits per heavy atom. The Morgan fingerprint density at radius 1 is 1.47 bits per heavy atom. The second kappa shape index (κ2) is 6.97. The van der Waals surface area contributed by atoms with E-state index in [4.69, 9.17) is 15.2 Å². The van der Waals surface area contributed by atoms with E-state index in [1.54, 1.807) is 10.9 Å². The van der Waals surface area contributed by atoms with Crippen LogP contribution in [-0.2, 0) is 20.8 Å². The number of hydrogen-bond acceptors (Lipinski definition) is 5. The van der Waals surface area contributed by atoms with Crippen LogP contribution in [-0.4, -0.2) is 34.1 Å². The minimum absolute atomic E-state index is 0.233. The topological polar surface area (TPSA) is 92.3 Å². The van der Waals surface area contributed by atoms with E-state index in [9.17, 15) is 4.79 Å². The Morgan fingerprint density at radius 2 is 2.12 bits per heavy atom. The van der Waals surface area contributed by atoms with E-state index in [-0.39, 0.29) is 12.3 Å². The summed E-state index contributed by atoms with van der Waals surface area (Å²) in [6, 6.07) is 0. The first-order valence-corrected chi connectivity index (χ1v) is 5.58. The van der Waals surface area contributed by atoms with Crippen LogP contribution in [0.4, 0.5) is 0 Å². The van der Waals surface area contributed by atoms with Gasteiger partial charge in [0.25, 0.3) is 0 Å². The molecule has 1 rings (SSSR count). The average molecular weight is 242 g/mol. The third-order valence-electron chi connectivity index (χ3n) is 2.02. The number of hydrogen-bond donors (Lipinski definition) is 1. The third-order valence-corrected chi connectivity index (χ3v) is 2.02. The Hall–Kier alpha value is -1.47. The van der Waals surface area contributed by atoms with Crippen molar-refractivity contribution in [3.05, 3.63) is 11.9 Å². The number of ether oxygens (including phenoxy) is 2. The van der Waals surface area contributed by atoms with E-state index in [0.29, 0.717) is 25.5 Å². The molecule has 96 valence electrons. The van der Waals surface area contributed by atoms with E-state index < -0.39 is 6.29 Å². The maximum absolute atomic E-state index is 10.6. The number of aryl methyl sites for hydroxylation is 1. The van der Waals surface area contributed by atoms with Crippen molar-refractivity contribution >= 4 is 5.91 Å². The highest BCUT2D eigenvalue weighted by atomic mass is 16.7. The number of carbonyl (C=O) groups excluding carboxylic acids is 1. The number of amides is 1. The molecule has 1 heterocycles. The molecule has 0 saturated heterocycles. The molecular weight excluding hydrogens is 224 g/mol. The lowest BCUT2D eigenvalue weighted by atomic mass is 10.4. The van der Waals surface area contributed by atoms with Gasteiger partial charge in [-0.2, -0.15) is 0 Å². The number of aromatic nitrogens is 3. The normalized spacial score (nSPS) is 11.0. The summed E-state index contributed by atoms with van der Waals surface area (Å²) in [7, 11) is 0. The molecule has 0 bridgehead atoms. The number of primary amides is 1. The summed E-state index contributed by atoms with van der Waals surface area (Å²) in [6.45, 7) is 5.22. The predicted octanol–water partition coefficient (Wildman–Crippen LogP) is 0.225. The zero-order valence-corrected chi connectivity index (χ0v) is 10.1. The molecule has 7 heteroatoms. The average Bonchev–Trinajstić information content (AvgIpc) is 2.74. The molecule has 0 spiro atoms. The van der Waals surface area contributed by atoms with Crippen LogP contribution in [0.5, 0.6) is 0 Å². The van der Waals surface area contributed by atoms with Gasteiger partial charge in [0.05, 0.1) is 12.7 Å². The van der Waals surface area contributed by atoms with Crippen molar-refractivity contribution in [3.8, 4) is 0 Å². The van der Waals surface area contributed by atoms with E-state index >= 15 is 0 Å². The van der Waals surface area contributed by atoms with Crippen molar-refractivity contribution in [1.82, 2.24) is 15.0 Å². The maximum Gasteiger partial charge on any atom is 0.219 e. The van der Waals surface area contributed by atoms with Crippen molar-refractivity contribution in [2.24, 2.45) is 5.73 Å². The van der Waals surface area contributed by atoms with Crippen LogP contribution in [0.15, 0.2) is 6.20 Å². The smallest absolute Gasteiger partial charge is 0.219 e. The fourth-order valence-corrected chi connectivity index (χ4v) is 1.28. The van der Waals surface area contributed by atoms with Gasteiger partial charge in [0.15, 0.2) is 0 Å². The maximum atomic E-state index is 10.6. The zero-order valence-electron chi connectivity index (χ0n) is 10.1. The monoisotopic (exact) mass is 242 g/mol. The molecular formula is C10H18N4O3. The summed E-state index contributed by atoms with van der Waals surface area (Å²) >= 11 is 0. The van der Waals surface area contributed by atoms with Crippen LogP contribution >= 0.6 is 0 Å². The highest BCUT2D eigenvalue weighted by Gasteiger charge is 2.15. The van der Waals surface area contributed by atoms with E-state index in [1.807, 2.05) is 13.8 Å². The van der Waals surface area contributed by atoms with Crippen molar-refractivity contribution in [2.45, 2.75) is 33.1 Å². The van der Waals surface area contributed by atoms with Crippen molar-refractivity contribution in [1.29, 1.82) is 0 Å². The van der Waals surface area contributed by atoms with Crippen LogP contribution in [0.25, 0.3) is 0 Å². The largest absolute Gasteiger partial charge is 0.370 e.